The summed E-state index contributed by atoms with van der Waals surface area (Å²) in [5, 5.41) is 2.94. The Morgan fingerprint density at radius 2 is 2.26 bits per heavy atom. The number of carbonyl (C=O) groups is 1. The number of nitrogens with one attached hydrogen (secondary N) is 1. The van der Waals surface area contributed by atoms with Crippen molar-refractivity contribution in [3.05, 3.63) is 78.8 Å². The first-order valence-corrected chi connectivity index (χ1v) is 7.33. The van der Waals surface area contributed by atoms with Crippen LogP contribution in [0, 0.1) is 0 Å². The predicted octanol–water partition coefficient (Wildman–Crippen LogP) is 3.36. The van der Waals surface area contributed by atoms with Crippen LogP contribution in [0.25, 0.3) is 11.8 Å². The molecule has 0 aliphatic carbocycles. The number of amides is 1. The maximum Gasteiger partial charge on any atom is 0.244 e. The fraction of sp³-hybridized carbons (Fsp3) is 0.111. The average molecular weight is 307 g/mol. The molecule has 0 aliphatic heterocycles. The first kappa shape index (κ1) is 14.8. The van der Waals surface area contributed by atoms with Crippen molar-refractivity contribution < 1.29 is 9.21 Å². The van der Waals surface area contributed by atoms with Crippen LogP contribution in [0.2, 0.25) is 0 Å². The van der Waals surface area contributed by atoms with Crippen molar-refractivity contribution in [1.29, 1.82) is 0 Å². The molecule has 0 bridgehead atoms. The monoisotopic (exact) mass is 307 g/mol. The maximum absolute atomic E-state index is 12.0. The van der Waals surface area contributed by atoms with Crippen LogP contribution < -0.4 is 5.32 Å². The molecule has 116 valence electrons. The summed E-state index contributed by atoms with van der Waals surface area (Å²) >= 11 is 0. The smallest absolute Gasteiger partial charge is 0.244 e. The SMILES string of the molecule is CC(NC(=O)C=Cc1ccco1)c1cccc(-n2ccnc2)c1. The second kappa shape index (κ2) is 6.79. The van der Waals surface area contributed by atoms with Gasteiger partial charge in [-0.1, -0.05) is 12.1 Å². The lowest BCUT2D eigenvalue weighted by molar-refractivity contribution is -0.117. The van der Waals surface area contributed by atoms with Gasteiger partial charge in [-0.3, -0.25) is 4.79 Å². The fourth-order valence-corrected chi connectivity index (χ4v) is 2.26. The van der Waals surface area contributed by atoms with Gasteiger partial charge in [-0.15, -0.1) is 0 Å². The third kappa shape index (κ3) is 3.77. The van der Waals surface area contributed by atoms with Gasteiger partial charge in [-0.2, -0.15) is 0 Å². The molecule has 1 atom stereocenters. The fourth-order valence-electron chi connectivity index (χ4n) is 2.26. The summed E-state index contributed by atoms with van der Waals surface area (Å²) in [4.78, 5) is 16.0. The number of nitrogens with zero attached hydrogens (tertiary/aromatic N) is 2. The highest BCUT2D eigenvalue weighted by Gasteiger charge is 2.08. The van der Waals surface area contributed by atoms with E-state index >= 15 is 0 Å². The number of aromatic nitrogens is 2. The van der Waals surface area contributed by atoms with Gasteiger partial charge >= 0.3 is 0 Å². The molecule has 23 heavy (non-hydrogen) atoms. The minimum absolute atomic E-state index is 0.104. The largest absolute Gasteiger partial charge is 0.465 e. The highest BCUT2D eigenvalue weighted by atomic mass is 16.3. The van der Waals surface area contributed by atoms with E-state index in [0.29, 0.717) is 5.76 Å². The predicted molar refractivity (Wildman–Crippen MR) is 87.9 cm³/mol. The molecule has 0 spiro atoms. The van der Waals surface area contributed by atoms with Gasteiger partial charge in [0, 0.05) is 24.2 Å². The zero-order chi connectivity index (χ0) is 16.1. The third-order valence-corrected chi connectivity index (χ3v) is 3.47. The molecule has 1 aromatic carbocycles. The van der Waals surface area contributed by atoms with E-state index in [1.165, 1.54) is 6.08 Å². The van der Waals surface area contributed by atoms with Crippen LogP contribution >= 0.6 is 0 Å². The van der Waals surface area contributed by atoms with Gasteiger partial charge in [0.2, 0.25) is 5.91 Å². The van der Waals surface area contributed by atoms with Crippen molar-refractivity contribution >= 4 is 12.0 Å². The van der Waals surface area contributed by atoms with E-state index in [0.717, 1.165) is 11.3 Å². The van der Waals surface area contributed by atoms with E-state index < -0.39 is 0 Å². The van der Waals surface area contributed by atoms with Gasteiger partial charge in [-0.25, -0.2) is 4.98 Å². The lowest BCUT2D eigenvalue weighted by Gasteiger charge is -2.14. The second-order valence-electron chi connectivity index (χ2n) is 5.14. The summed E-state index contributed by atoms with van der Waals surface area (Å²) in [6, 6.07) is 11.4. The molecule has 5 heteroatoms. The molecule has 0 radical (unpaired) electrons. The molecule has 1 amide bonds. The molecule has 3 rings (SSSR count). The highest BCUT2D eigenvalue weighted by Crippen LogP contribution is 2.17. The molecule has 2 aromatic heterocycles. The number of carbonyl (C=O) groups excluding carboxylic acids is 1. The molecule has 0 saturated heterocycles. The maximum atomic E-state index is 12.0. The zero-order valence-corrected chi connectivity index (χ0v) is 12.7. The molecule has 0 fully saturated rings. The number of hydrogen-bond acceptors (Lipinski definition) is 3. The van der Waals surface area contributed by atoms with Gasteiger partial charge in [0.1, 0.15) is 5.76 Å². The Morgan fingerprint density at radius 3 is 3.00 bits per heavy atom. The standard InChI is InChI=1S/C18H17N3O2/c1-14(20-18(22)8-7-17-6-3-11-23-17)15-4-2-5-16(12-15)21-10-9-19-13-21/h2-14H,1H3,(H,20,22). The summed E-state index contributed by atoms with van der Waals surface area (Å²) in [5.74, 6) is 0.483. The van der Waals surface area contributed by atoms with Crippen molar-refractivity contribution in [3.63, 3.8) is 0 Å². The van der Waals surface area contributed by atoms with Crippen LogP contribution in [0.15, 0.2) is 71.9 Å². The first-order valence-electron chi connectivity index (χ1n) is 7.33. The lowest BCUT2D eigenvalue weighted by Crippen LogP contribution is -2.24. The molecule has 1 N–H and O–H groups in total. The van der Waals surface area contributed by atoms with Crippen molar-refractivity contribution in [2.75, 3.05) is 0 Å². The first-order chi connectivity index (χ1) is 11.2. The number of rotatable bonds is 5. The third-order valence-electron chi connectivity index (χ3n) is 3.47. The summed E-state index contributed by atoms with van der Waals surface area (Å²) in [6.07, 6.45) is 10.0. The van der Waals surface area contributed by atoms with Gasteiger partial charge in [0.25, 0.3) is 0 Å². The molecular formula is C18H17N3O2. The molecule has 0 aliphatic rings. The Balaban J connectivity index is 1.67. The summed E-state index contributed by atoms with van der Waals surface area (Å²) in [6.45, 7) is 1.95. The minimum Gasteiger partial charge on any atom is -0.465 e. The summed E-state index contributed by atoms with van der Waals surface area (Å²) in [5.41, 5.74) is 2.03. The normalized spacial score (nSPS) is 12.4. The highest BCUT2D eigenvalue weighted by molar-refractivity contribution is 5.91. The molecular weight excluding hydrogens is 290 g/mol. The Morgan fingerprint density at radius 1 is 1.35 bits per heavy atom. The van der Waals surface area contributed by atoms with E-state index in [-0.39, 0.29) is 11.9 Å². The topological polar surface area (TPSA) is 60.1 Å². The van der Waals surface area contributed by atoms with Gasteiger partial charge in [-0.05, 0) is 42.8 Å². The van der Waals surface area contributed by atoms with Gasteiger partial charge in [0.05, 0.1) is 18.6 Å². The van der Waals surface area contributed by atoms with Crippen molar-refractivity contribution in [3.8, 4) is 5.69 Å². The summed E-state index contributed by atoms with van der Waals surface area (Å²) in [7, 11) is 0. The summed E-state index contributed by atoms with van der Waals surface area (Å²) < 4.78 is 7.08. The van der Waals surface area contributed by atoms with Crippen LogP contribution in [0.5, 0.6) is 0 Å². The molecule has 2 heterocycles. The van der Waals surface area contributed by atoms with E-state index in [4.69, 9.17) is 4.42 Å². The van der Waals surface area contributed by atoms with Crippen LogP contribution in [-0.2, 0) is 4.79 Å². The number of benzene rings is 1. The molecule has 5 nitrogen and oxygen atoms in total. The lowest BCUT2D eigenvalue weighted by atomic mass is 10.1. The molecule has 1 unspecified atom stereocenters. The quantitative estimate of drug-likeness (QED) is 0.735. The van der Waals surface area contributed by atoms with Crippen LogP contribution in [0.4, 0.5) is 0 Å². The number of hydrogen-bond donors (Lipinski definition) is 1. The molecule has 3 aromatic rings. The van der Waals surface area contributed by atoms with E-state index in [2.05, 4.69) is 10.3 Å². The van der Waals surface area contributed by atoms with E-state index in [1.807, 2.05) is 42.0 Å². The van der Waals surface area contributed by atoms with Crippen LogP contribution in [0.3, 0.4) is 0 Å². The number of furan rings is 1. The Hall–Kier alpha value is -3.08. The van der Waals surface area contributed by atoms with Crippen molar-refractivity contribution in [1.82, 2.24) is 14.9 Å². The van der Waals surface area contributed by atoms with E-state index in [1.54, 1.807) is 37.0 Å². The van der Waals surface area contributed by atoms with Gasteiger partial charge in [0.15, 0.2) is 0 Å². The minimum atomic E-state index is -0.165. The van der Waals surface area contributed by atoms with Gasteiger partial charge < -0.3 is 14.3 Å². The average Bonchev–Trinajstić information content (AvgIpc) is 3.26. The van der Waals surface area contributed by atoms with Crippen LogP contribution in [-0.4, -0.2) is 15.5 Å². The van der Waals surface area contributed by atoms with Crippen molar-refractivity contribution in [2.24, 2.45) is 0 Å². The zero-order valence-electron chi connectivity index (χ0n) is 12.7. The van der Waals surface area contributed by atoms with Crippen molar-refractivity contribution in [2.45, 2.75) is 13.0 Å². The Labute approximate surface area is 134 Å². The Kier molecular flexibility index (Phi) is 4.38. The number of imidazole rings is 1. The molecule has 0 saturated carbocycles. The Bertz CT molecular complexity index is 790. The van der Waals surface area contributed by atoms with E-state index in [9.17, 15) is 4.79 Å². The second-order valence-corrected chi connectivity index (χ2v) is 5.14. The van der Waals surface area contributed by atoms with Crippen LogP contribution in [0.1, 0.15) is 24.3 Å².